The molecule has 4 fully saturated rings. The molecule has 4 saturated carbocycles. The second-order valence-electron chi connectivity index (χ2n) is 15.3. The van der Waals surface area contributed by atoms with E-state index in [0.717, 1.165) is 31.4 Å². The van der Waals surface area contributed by atoms with Gasteiger partial charge in [0.05, 0.1) is 5.25 Å². The smallest absolute Gasteiger partial charge is 0.408 e. The van der Waals surface area contributed by atoms with Gasteiger partial charge in [0, 0.05) is 18.2 Å². The Morgan fingerprint density at radius 2 is 1.55 bits per heavy atom. The Balaban J connectivity index is 1.32. The Labute approximate surface area is 290 Å². The van der Waals surface area contributed by atoms with E-state index in [1.54, 1.807) is 20.8 Å². The number of alkyl carbamates (subject to hydrolysis) is 1. The van der Waals surface area contributed by atoms with E-state index in [9.17, 15) is 27.6 Å². The van der Waals surface area contributed by atoms with Gasteiger partial charge in [-0.15, -0.1) is 6.58 Å². The molecule has 5 N–H and O–H groups in total. The summed E-state index contributed by atoms with van der Waals surface area (Å²) in [6.07, 6.45) is 11.3. The van der Waals surface area contributed by atoms with Crippen LogP contribution in [0.4, 0.5) is 10.5 Å². The predicted molar refractivity (Wildman–Crippen MR) is 187 cm³/mol. The van der Waals surface area contributed by atoms with Crippen molar-refractivity contribution in [3.8, 4) is 0 Å². The van der Waals surface area contributed by atoms with Crippen LogP contribution in [0.2, 0.25) is 0 Å². The number of benzene rings is 1. The van der Waals surface area contributed by atoms with Crippen LogP contribution in [0, 0.1) is 11.3 Å². The number of amides is 4. The number of hydrogen-bond acceptors (Lipinski definition) is 8. The summed E-state index contributed by atoms with van der Waals surface area (Å²) in [6.45, 7) is 9.12. The fourth-order valence-electron chi connectivity index (χ4n) is 7.00. The Hall–Kier alpha value is -3.61. The molecule has 0 bridgehead atoms. The maximum absolute atomic E-state index is 14.0. The van der Waals surface area contributed by atoms with Crippen molar-refractivity contribution in [2.45, 2.75) is 133 Å². The lowest BCUT2D eigenvalue weighted by atomic mass is 9.84. The Morgan fingerprint density at radius 1 is 0.918 bits per heavy atom. The normalized spacial score (nSPS) is 24.2. The van der Waals surface area contributed by atoms with Gasteiger partial charge in [-0.25, -0.2) is 13.2 Å². The molecule has 5 rings (SSSR count). The lowest BCUT2D eigenvalue weighted by Gasteiger charge is -2.32. The minimum absolute atomic E-state index is 0.0411. The number of nitrogens with one attached hydrogen (secondary N) is 5. The van der Waals surface area contributed by atoms with Crippen molar-refractivity contribution >= 4 is 39.5 Å². The molecule has 4 amide bonds. The molecule has 13 heteroatoms. The highest BCUT2D eigenvalue weighted by Crippen LogP contribution is 2.45. The van der Waals surface area contributed by atoms with Crippen molar-refractivity contribution < 1.29 is 32.3 Å². The molecule has 0 aromatic heterocycles. The fourth-order valence-corrected chi connectivity index (χ4v) is 8.36. The maximum Gasteiger partial charge on any atom is 0.408 e. The summed E-state index contributed by atoms with van der Waals surface area (Å²) in [7, 11) is -3.86. The molecule has 0 spiro atoms. The number of carbonyl (C=O) groups is 4. The van der Waals surface area contributed by atoms with Crippen molar-refractivity contribution in [1.82, 2.24) is 20.7 Å². The molecule has 1 aromatic rings. The van der Waals surface area contributed by atoms with Gasteiger partial charge in [0.2, 0.25) is 21.8 Å². The zero-order valence-electron chi connectivity index (χ0n) is 29.0. The summed E-state index contributed by atoms with van der Waals surface area (Å²) in [5.74, 6) is -2.06. The second kappa shape index (κ2) is 15.1. The fraction of sp³-hybridized carbons (Fsp3) is 0.667. The predicted octanol–water partition coefficient (Wildman–Crippen LogP) is 4.38. The standard InChI is InChI=1S/C36H53N5O7S/c1-5-25-21-36(25,33(44)41-49(46,47)28-19-20-28)40-31(42)29(22-37-26-17-15-24(16-18-26)23-11-7-6-8-12-23)38-32(43)30(35(2,3)4)39-34(45)48-27-13-9-10-14-27/h5,15-18,23,25,27-30,37H,1,6-14,19-22H2,2-4H3,(H,38,43)(H,39,45)(H,40,42)(H,41,44)/t25-,29+,30-,36-/m1/s1. The molecule has 4 atom stereocenters. The summed E-state index contributed by atoms with van der Waals surface area (Å²) in [4.78, 5) is 54.0. The Bertz CT molecular complexity index is 1490. The van der Waals surface area contributed by atoms with E-state index in [1.165, 1.54) is 43.7 Å². The van der Waals surface area contributed by atoms with Gasteiger partial charge in [0.25, 0.3) is 5.91 Å². The van der Waals surface area contributed by atoms with Crippen molar-refractivity contribution in [3.63, 3.8) is 0 Å². The lowest BCUT2D eigenvalue weighted by Crippen LogP contribution is -2.62. The highest BCUT2D eigenvalue weighted by atomic mass is 32.2. The molecule has 0 unspecified atom stereocenters. The monoisotopic (exact) mass is 699 g/mol. The number of anilines is 1. The Kier molecular flexibility index (Phi) is 11.3. The van der Waals surface area contributed by atoms with E-state index >= 15 is 0 Å². The summed E-state index contributed by atoms with van der Waals surface area (Å²) < 4.78 is 32.9. The first-order valence-corrected chi connectivity index (χ1v) is 19.4. The number of ether oxygens (including phenoxy) is 1. The first-order valence-electron chi connectivity index (χ1n) is 17.8. The first kappa shape index (κ1) is 36.7. The molecule has 270 valence electrons. The van der Waals surface area contributed by atoms with Crippen LogP contribution in [0.1, 0.15) is 109 Å². The van der Waals surface area contributed by atoms with Crippen molar-refractivity contribution in [1.29, 1.82) is 0 Å². The highest BCUT2D eigenvalue weighted by Gasteiger charge is 2.61. The van der Waals surface area contributed by atoms with E-state index in [4.69, 9.17) is 4.74 Å². The number of rotatable bonds is 14. The molecule has 1 aromatic carbocycles. The minimum atomic E-state index is -3.86. The van der Waals surface area contributed by atoms with Crippen LogP contribution in [-0.4, -0.2) is 67.8 Å². The van der Waals surface area contributed by atoms with Gasteiger partial charge < -0.3 is 26.0 Å². The van der Waals surface area contributed by atoms with Gasteiger partial charge in [-0.2, -0.15) is 0 Å². The topological polar surface area (TPSA) is 172 Å². The van der Waals surface area contributed by atoms with Crippen molar-refractivity contribution in [3.05, 3.63) is 42.5 Å². The van der Waals surface area contributed by atoms with Crippen molar-refractivity contribution in [2.75, 3.05) is 11.9 Å². The third kappa shape index (κ3) is 9.34. The summed E-state index contributed by atoms with van der Waals surface area (Å²) >= 11 is 0. The van der Waals surface area contributed by atoms with Crippen LogP contribution >= 0.6 is 0 Å². The first-order chi connectivity index (χ1) is 23.2. The second-order valence-corrected chi connectivity index (χ2v) is 17.3. The average molecular weight is 700 g/mol. The Morgan fingerprint density at radius 3 is 2.12 bits per heavy atom. The van der Waals surface area contributed by atoms with Gasteiger partial charge >= 0.3 is 6.09 Å². The molecule has 12 nitrogen and oxygen atoms in total. The van der Waals surface area contributed by atoms with E-state index in [-0.39, 0.29) is 19.1 Å². The summed E-state index contributed by atoms with van der Waals surface area (Å²) in [6, 6.07) is 5.82. The van der Waals surface area contributed by atoms with E-state index < -0.39 is 68.0 Å². The van der Waals surface area contributed by atoms with Crippen LogP contribution < -0.4 is 26.0 Å². The largest absolute Gasteiger partial charge is 0.446 e. The quantitative estimate of drug-likeness (QED) is 0.178. The zero-order chi connectivity index (χ0) is 35.4. The third-order valence-corrected chi connectivity index (χ3v) is 12.2. The molecule has 0 saturated heterocycles. The molecule has 0 radical (unpaired) electrons. The number of carbonyl (C=O) groups excluding carboxylic acids is 4. The summed E-state index contributed by atoms with van der Waals surface area (Å²) in [5, 5.41) is 10.9. The number of hydrogen-bond donors (Lipinski definition) is 5. The van der Waals surface area contributed by atoms with E-state index in [1.807, 2.05) is 12.1 Å². The average Bonchev–Trinajstić information content (AvgIpc) is 3.98. The van der Waals surface area contributed by atoms with Crippen LogP contribution in [-0.2, 0) is 29.1 Å². The maximum atomic E-state index is 14.0. The molecule has 4 aliphatic rings. The van der Waals surface area contributed by atoms with E-state index in [0.29, 0.717) is 18.8 Å². The van der Waals surface area contributed by atoms with Crippen LogP contribution in [0.25, 0.3) is 0 Å². The van der Waals surface area contributed by atoms with Crippen LogP contribution in [0.3, 0.4) is 0 Å². The zero-order valence-corrected chi connectivity index (χ0v) is 29.8. The third-order valence-electron chi connectivity index (χ3n) is 10.3. The molecule has 0 aliphatic heterocycles. The molecular weight excluding hydrogens is 646 g/mol. The van der Waals surface area contributed by atoms with Gasteiger partial charge in [-0.1, -0.05) is 58.2 Å². The molecule has 0 heterocycles. The van der Waals surface area contributed by atoms with Crippen LogP contribution in [0.15, 0.2) is 36.9 Å². The SMILES string of the molecule is C=C[C@@H]1C[C@]1(NC(=O)[C@H](CNc1ccc(C2CCCCC2)cc1)NC(=O)[C@@H](NC(=O)OC1CCCC1)C(C)(C)C)C(=O)NS(=O)(=O)C1CC1. The van der Waals surface area contributed by atoms with Gasteiger partial charge in [-0.05, 0) is 86.8 Å². The van der Waals surface area contributed by atoms with Gasteiger partial charge in [0.1, 0.15) is 23.7 Å². The molecule has 49 heavy (non-hydrogen) atoms. The minimum Gasteiger partial charge on any atom is -0.446 e. The lowest BCUT2D eigenvalue weighted by molar-refractivity contribution is -0.133. The van der Waals surface area contributed by atoms with Crippen molar-refractivity contribution in [2.24, 2.45) is 11.3 Å². The van der Waals surface area contributed by atoms with Crippen LogP contribution in [0.5, 0.6) is 0 Å². The van der Waals surface area contributed by atoms with E-state index in [2.05, 4.69) is 44.7 Å². The highest BCUT2D eigenvalue weighted by molar-refractivity contribution is 7.91. The van der Waals surface area contributed by atoms with Gasteiger partial charge in [0.15, 0.2) is 0 Å². The number of sulfonamides is 1. The summed E-state index contributed by atoms with van der Waals surface area (Å²) in [5.41, 5.74) is -0.242. The molecular formula is C36H53N5O7S. The van der Waals surface area contributed by atoms with Gasteiger partial charge in [-0.3, -0.25) is 19.1 Å². The molecule has 4 aliphatic carbocycles.